The minimum Gasteiger partial charge on any atom is -0.481 e. The Morgan fingerprint density at radius 2 is 2.06 bits per heavy atom. The molecule has 9 heteroatoms. The second-order valence-electron chi connectivity index (χ2n) is 2.92. The zero-order valence-electron chi connectivity index (χ0n) is 8.15. The van der Waals surface area contributed by atoms with E-state index in [1.54, 1.807) is 0 Å². The maximum atomic E-state index is 12.0. The number of hydrogen-bond donors (Lipinski definition) is 2. The van der Waals surface area contributed by atoms with Crippen LogP contribution >= 0.6 is 0 Å². The molecule has 0 unspecified atom stereocenters. The summed E-state index contributed by atoms with van der Waals surface area (Å²) in [5.74, 6) is -3.96. The molecule has 2 N–H and O–H groups in total. The molecule has 1 rings (SSSR count). The third-order valence-corrected chi connectivity index (χ3v) is 1.62. The van der Waals surface area contributed by atoms with E-state index in [1.165, 1.54) is 5.32 Å². The Kier molecular flexibility index (Phi) is 3.61. The molecule has 1 heterocycles. The molecule has 1 aromatic heterocycles. The summed E-state index contributed by atoms with van der Waals surface area (Å²) in [6.07, 6.45) is -3.73. The lowest BCUT2D eigenvalue weighted by Crippen LogP contribution is -2.31. The molecule has 6 nitrogen and oxygen atoms in total. The van der Waals surface area contributed by atoms with Gasteiger partial charge in [-0.15, -0.1) is 0 Å². The molecule has 0 aromatic carbocycles. The monoisotopic (exact) mass is 249 g/mol. The van der Waals surface area contributed by atoms with Gasteiger partial charge in [-0.2, -0.15) is 13.2 Å². The van der Waals surface area contributed by atoms with Crippen molar-refractivity contribution in [2.24, 2.45) is 0 Å². The molecule has 0 aliphatic heterocycles. The van der Waals surface area contributed by atoms with Crippen LogP contribution in [0.15, 0.2) is 12.5 Å². The van der Waals surface area contributed by atoms with E-state index in [4.69, 9.17) is 5.11 Å². The van der Waals surface area contributed by atoms with E-state index in [-0.39, 0.29) is 5.56 Å². The van der Waals surface area contributed by atoms with Gasteiger partial charge in [-0.3, -0.25) is 9.59 Å². The van der Waals surface area contributed by atoms with E-state index < -0.39 is 30.3 Å². The summed E-state index contributed by atoms with van der Waals surface area (Å²) in [6.45, 7) is 0. The normalized spacial score (nSPS) is 11.0. The van der Waals surface area contributed by atoms with Crippen LogP contribution in [0.1, 0.15) is 5.56 Å². The SMILES string of the molecule is O=C(O)Cc1cncnc1NC(=O)C(F)(F)F. The number of aromatic nitrogens is 2. The highest BCUT2D eigenvalue weighted by Crippen LogP contribution is 2.19. The van der Waals surface area contributed by atoms with Gasteiger partial charge in [0.1, 0.15) is 12.1 Å². The van der Waals surface area contributed by atoms with E-state index in [9.17, 15) is 22.8 Å². The fraction of sp³-hybridized carbons (Fsp3) is 0.250. The lowest BCUT2D eigenvalue weighted by molar-refractivity contribution is -0.167. The molecule has 0 spiro atoms. The number of carbonyl (C=O) groups is 2. The molecule has 1 amide bonds. The van der Waals surface area contributed by atoms with E-state index >= 15 is 0 Å². The van der Waals surface area contributed by atoms with Crippen molar-refractivity contribution < 1.29 is 27.9 Å². The van der Waals surface area contributed by atoms with Gasteiger partial charge >= 0.3 is 18.1 Å². The molecule has 1 aromatic rings. The Hall–Kier alpha value is -2.19. The van der Waals surface area contributed by atoms with E-state index in [0.717, 1.165) is 12.5 Å². The number of carbonyl (C=O) groups excluding carboxylic acids is 1. The average Bonchev–Trinajstić information content (AvgIpc) is 2.18. The largest absolute Gasteiger partial charge is 0.481 e. The first kappa shape index (κ1) is 12.9. The summed E-state index contributed by atoms with van der Waals surface area (Å²) in [7, 11) is 0. The number of nitrogens with zero attached hydrogens (tertiary/aromatic N) is 2. The number of amides is 1. The maximum absolute atomic E-state index is 12.0. The second-order valence-corrected chi connectivity index (χ2v) is 2.92. The Morgan fingerprint density at radius 3 is 2.59 bits per heavy atom. The lowest BCUT2D eigenvalue weighted by Gasteiger charge is -2.09. The van der Waals surface area contributed by atoms with Gasteiger partial charge in [-0.25, -0.2) is 9.97 Å². The van der Waals surface area contributed by atoms with Crippen LogP contribution < -0.4 is 5.32 Å². The topological polar surface area (TPSA) is 92.2 Å². The fourth-order valence-corrected chi connectivity index (χ4v) is 0.942. The Labute approximate surface area is 92.5 Å². The van der Waals surface area contributed by atoms with Gasteiger partial charge in [0.05, 0.1) is 6.42 Å². The smallest absolute Gasteiger partial charge is 0.471 e. The van der Waals surface area contributed by atoms with Crippen LogP contribution in [0.25, 0.3) is 0 Å². The van der Waals surface area contributed by atoms with Crippen LogP contribution in [-0.4, -0.2) is 33.1 Å². The molecule has 0 bridgehead atoms. The number of alkyl halides is 3. The molecule has 17 heavy (non-hydrogen) atoms. The summed E-state index contributed by atoms with van der Waals surface area (Å²) >= 11 is 0. The van der Waals surface area contributed by atoms with Gasteiger partial charge in [0.25, 0.3) is 0 Å². The molecule has 0 atom stereocenters. The van der Waals surface area contributed by atoms with Crippen LogP contribution in [0.2, 0.25) is 0 Å². The molecule has 0 saturated heterocycles. The predicted octanol–water partition coefficient (Wildman–Crippen LogP) is 0.605. The first-order valence-corrected chi connectivity index (χ1v) is 4.19. The van der Waals surface area contributed by atoms with Crippen molar-refractivity contribution in [3.63, 3.8) is 0 Å². The van der Waals surface area contributed by atoms with Gasteiger partial charge in [-0.05, 0) is 0 Å². The first-order chi connectivity index (χ1) is 7.80. The van der Waals surface area contributed by atoms with Crippen LogP contribution in [0.3, 0.4) is 0 Å². The Morgan fingerprint density at radius 1 is 1.41 bits per heavy atom. The Balaban J connectivity index is 2.91. The molecule has 0 radical (unpaired) electrons. The summed E-state index contributed by atoms with van der Waals surface area (Å²) in [5, 5.41) is 9.97. The van der Waals surface area contributed by atoms with Crippen molar-refractivity contribution in [2.45, 2.75) is 12.6 Å². The molecular formula is C8H6F3N3O3. The maximum Gasteiger partial charge on any atom is 0.471 e. The molecule has 0 fully saturated rings. The van der Waals surface area contributed by atoms with E-state index in [2.05, 4.69) is 9.97 Å². The molecule has 0 aliphatic rings. The quantitative estimate of drug-likeness (QED) is 0.818. The number of hydrogen-bond acceptors (Lipinski definition) is 4. The Bertz CT molecular complexity index is 447. The van der Waals surface area contributed by atoms with Gasteiger partial charge in [0.2, 0.25) is 0 Å². The zero-order chi connectivity index (χ0) is 13.1. The number of carboxylic acids is 1. The molecule has 0 saturated carbocycles. The first-order valence-electron chi connectivity index (χ1n) is 4.19. The van der Waals surface area contributed by atoms with Gasteiger partial charge in [0.15, 0.2) is 0 Å². The zero-order valence-corrected chi connectivity index (χ0v) is 8.15. The van der Waals surface area contributed by atoms with Gasteiger partial charge in [-0.1, -0.05) is 0 Å². The molecule has 92 valence electrons. The molecular weight excluding hydrogens is 243 g/mol. The average molecular weight is 249 g/mol. The number of aliphatic carboxylic acids is 1. The molecule has 0 aliphatic carbocycles. The lowest BCUT2D eigenvalue weighted by atomic mass is 10.2. The van der Waals surface area contributed by atoms with Crippen molar-refractivity contribution in [3.05, 3.63) is 18.1 Å². The van der Waals surface area contributed by atoms with Crippen molar-refractivity contribution in [3.8, 4) is 0 Å². The number of anilines is 1. The van der Waals surface area contributed by atoms with Crippen LogP contribution in [0.5, 0.6) is 0 Å². The van der Waals surface area contributed by atoms with Crippen LogP contribution in [0, 0.1) is 0 Å². The second kappa shape index (κ2) is 4.76. The minimum absolute atomic E-state index is 0.113. The van der Waals surface area contributed by atoms with Crippen molar-refractivity contribution >= 4 is 17.7 Å². The number of nitrogens with one attached hydrogen (secondary N) is 1. The highest BCUT2D eigenvalue weighted by molar-refractivity contribution is 5.95. The summed E-state index contributed by atoms with van der Waals surface area (Å²) in [4.78, 5) is 27.9. The number of rotatable bonds is 3. The van der Waals surface area contributed by atoms with Crippen molar-refractivity contribution in [2.75, 3.05) is 5.32 Å². The van der Waals surface area contributed by atoms with Crippen molar-refractivity contribution in [1.82, 2.24) is 9.97 Å². The minimum atomic E-state index is -5.06. The summed E-state index contributed by atoms with van der Waals surface area (Å²) < 4.78 is 35.9. The fourth-order valence-electron chi connectivity index (χ4n) is 0.942. The predicted molar refractivity (Wildman–Crippen MR) is 48.1 cm³/mol. The standard InChI is InChI=1S/C8H6F3N3O3/c9-8(10,11)7(17)14-6-4(1-5(15)16)2-12-3-13-6/h2-3H,1H2,(H,15,16)(H,12,13,14,17). The third kappa shape index (κ3) is 3.70. The highest BCUT2D eigenvalue weighted by Gasteiger charge is 2.39. The third-order valence-electron chi connectivity index (χ3n) is 1.62. The van der Waals surface area contributed by atoms with E-state index in [1.807, 2.05) is 0 Å². The summed E-state index contributed by atoms with van der Waals surface area (Å²) in [5.41, 5.74) is -0.113. The van der Waals surface area contributed by atoms with Crippen molar-refractivity contribution in [1.29, 1.82) is 0 Å². The van der Waals surface area contributed by atoms with Gasteiger partial charge in [0, 0.05) is 11.8 Å². The number of carboxylic acid groups (broad SMARTS) is 1. The van der Waals surface area contributed by atoms with Gasteiger partial charge < -0.3 is 10.4 Å². The summed E-state index contributed by atoms with van der Waals surface area (Å²) in [6, 6.07) is 0. The van der Waals surface area contributed by atoms with Crippen LogP contribution in [-0.2, 0) is 16.0 Å². The number of halogens is 3. The highest BCUT2D eigenvalue weighted by atomic mass is 19.4. The van der Waals surface area contributed by atoms with Crippen LogP contribution in [0.4, 0.5) is 19.0 Å². The van der Waals surface area contributed by atoms with E-state index in [0.29, 0.717) is 0 Å².